The minimum Gasteiger partial charge on any atom is -0.462 e. The maximum atomic E-state index is 12.3. The summed E-state index contributed by atoms with van der Waals surface area (Å²) in [5.74, 6) is -0.165. The molecule has 7 nitrogen and oxygen atoms in total. The molecule has 0 unspecified atom stereocenters. The normalized spacial score (nSPS) is 13.9. The molecule has 1 saturated heterocycles. The summed E-state index contributed by atoms with van der Waals surface area (Å²) in [5, 5.41) is 8.26. The highest BCUT2D eigenvalue weighted by Gasteiger charge is 2.21. The maximum absolute atomic E-state index is 12.3. The van der Waals surface area contributed by atoms with Crippen molar-refractivity contribution in [2.75, 3.05) is 26.2 Å². The highest BCUT2D eigenvalue weighted by Crippen LogP contribution is 2.23. The Balaban J connectivity index is 1.68. The first-order valence-corrected chi connectivity index (χ1v) is 9.97. The van der Waals surface area contributed by atoms with Crippen molar-refractivity contribution in [3.8, 4) is 5.69 Å². The second-order valence-electron chi connectivity index (χ2n) is 6.60. The van der Waals surface area contributed by atoms with Gasteiger partial charge in [0.1, 0.15) is 5.56 Å². The van der Waals surface area contributed by atoms with Gasteiger partial charge in [-0.2, -0.15) is 5.10 Å². The second kappa shape index (κ2) is 9.71. The molecule has 3 rings (SSSR count). The standard InChI is InChI=1S/C20H25ClN4O3/c1-2-28-20(27)15-13-23-25(17-8-4-3-7-16(17)21)18(15)14-22-10-6-12-24-11-5-9-19(24)26/h3-4,7-8,13,22H,2,5-6,9-12,14H2,1H3. The van der Waals surface area contributed by atoms with Crippen molar-refractivity contribution in [2.45, 2.75) is 32.7 Å². The first kappa shape index (κ1) is 20.4. The van der Waals surface area contributed by atoms with Gasteiger partial charge in [-0.3, -0.25) is 4.79 Å². The van der Waals surface area contributed by atoms with E-state index in [1.54, 1.807) is 17.7 Å². The second-order valence-corrected chi connectivity index (χ2v) is 7.01. The first-order valence-electron chi connectivity index (χ1n) is 9.59. The number of esters is 1. The Morgan fingerprint density at radius 3 is 2.89 bits per heavy atom. The molecule has 0 saturated carbocycles. The van der Waals surface area contributed by atoms with Crippen LogP contribution in [-0.4, -0.2) is 52.8 Å². The molecule has 1 fully saturated rings. The van der Waals surface area contributed by atoms with Gasteiger partial charge in [0.05, 0.1) is 29.2 Å². The molecule has 1 N–H and O–H groups in total. The molecule has 0 spiro atoms. The number of nitrogens with one attached hydrogen (secondary N) is 1. The number of hydrogen-bond acceptors (Lipinski definition) is 5. The van der Waals surface area contributed by atoms with Gasteiger partial charge in [0.25, 0.3) is 0 Å². The predicted molar refractivity (Wildman–Crippen MR) is 107 cm³/mol. The summed E-state index contributed by atoms with van der Waals surface area (Å²) in [6.07, 6.45) is 3.97. The fourth-order valence-corrected chi connectivity index (χ4v) is 3.51. The number of carbonyl (C=O) groups is 2. The lowest BCUT2D eigenvalue weighted by Gasteiger charge is -2.16. The van der Waals surface area contributed by atoms with Crippen LogP contribution in [0, 0.1) is 0 Å². The summed E-state index contributed by atoms with van der Waals surface area (Å²) >= 11 is 6.32. The van der Waals surface area contributed by atoms with Gasteiger partial charge in [-0.1, -0.05) is 23.7 Å². The molecule has 8 heteroatoms. The molecule has 0 radical (unpaired) electrons. The van der Waals surface area contributed by atoms with E-state index in [4.69, 9.17) is 16.3 Å². The van der Waals surface area contributed by atoms with Crippen molar-refractivity contribution in [2.24, 2.45) is 0 Å². The highest BCUT2D eigenvalue weighted by atomic mass is 35.5. The third kappa shape index (κ3) is 4.72. The molecular weight excluding hydrogens is 380 g/mol. The molecule has 0 bridgehead atoms. The number of aromatic nitrogens is 2. The summed E-state index contributed by atoms with van der Waals surface area (Å²) < 4.78 is 6.83. The van der Waals surface area contributed by atoms with Crippen LogP contribution in [0.5, 0.6) is 0 Å². The molecule has 0 aliphatic carbocycles. The van der Waals surface area contributed by atoms with Gasteiger partial charge in [0.2, 0.25) is 5.91 Å². The van der Waals surface area contributed by atoms with E-state index in [9.17, 15) is 9.59 Å². The number of amides is 1. The van der Waals surface area contributed by atoms with Crippen LogP contribution in [0.15, 0.2) is 30.5 Å². The molecule has 1 aromatic heterocycles. The van der Waals surface area contributed by atoms with Crippen molar-refractivity contribution in [1.82, 2.24) is 20.0 Å². The molecule has 0 atom stereocenters. The number of hydrogen-bond donors (Lipinski definition) is 1. The minimum absolute atomic E-state index is 0.237. The largest absolute Gasteiger partial charge is 0.462 e. The third-order valence-electron chi connectivity index (χ3n) is 4.69. The quantitative estimate of drug-likeness (QED) is 0.513. The molecule has 150 valence electrons. The van der Waals surface area contributed by atoms with E-state index in [2.05, 4.69) is 10.4 Å². The molecule has 1 aromatic carbocycles. The predicted octanol–water partition coefficient (Wildman–Crippen LogP) is 2.80. The zero-order valence-electron chi connectivity index (χ0n) is 16.0. The molecule has 1 amide bonds. The van der Waals surface area contributed by atoms with Gasteiger partial charge in [0.15, 0.2) is 0 Å². The molecule has 2 heterocycles. The van der Waals surface area contributed by atoms with Crippen LogP contribution in [0.4, 0.5) is 0 Å². The summed E-state index contributed by atoms with van der Waals surface area (Å²) in [5.41, 5.74) is 1.83. The zero-order valence-corrected chi connectivity index (χ0v) is 16.7. The van der Waals surface area contributed by atoms with Crippen LogP contribution in [0.3, 0.4) is 0 Å². The monoisotopic (exact) mass is 404 g/mol. The van der Waals surface area contributed by atoms with Gasteiger partial charge in [-0.05, 0) is 38.4 Å². The number of likely N-dealkylation sites (tertiary alicyclic amines) is 1. The number of halogens is 1. The molecule has 28 heavy (non-hydrogen) atoms. The smallest absolute Gasteiger partial charge is 0.341 e. The lowest BCUT2D eigenvalue weighted by atomic mass is 10.2. The number of rotatable bonds is 9. The summed E-state index contributed by atoms with van der Waals surface area (Å²) in [6.45, 7) is 4.83. The molecule has 2 aromatic rings. The Kier molecular flexibility index (Phi) is 7.06. The Morgan fingerprint density at radius 1 is 1.36 bits per heavy atom. The van der Waals surface area contributed by atoms with Crippen LogP contribution in [-0.2, 0) is 16.1 Å². The lowest BCUT2D eigenvalue weighted by Crippen LogP contribution is -2.28. The molecular formula is C20H25ClN4O3. The molecule has 1 aliphatic heterocycles. The first-order chi connectivity index (χ1) is 13.6. The van der Waals surface area contributed by atoms with Gasteiger partial charge in [0, 0.05) is 26.1 Å². The maximum Gasteiger partial charge on any atom is 0.341 e. The van der Waals surface area contributed by atoms with Crippen LogP contribution in [0.25, 0.3) is 5.69 Å². The van der Waals surface area contributed by atoms with Crippen LogP contribution >= 0.6 is 11.6 Å². The van der Waals surface area contributed by atoms with Crippen LogP contribution in [0.1, 0.15) is 42.2 Å². The lowest BCUT2D eigenvalue weighted by molar-refractivity contribution is -0.127. The number of benzene rings is 1. The number of carbonyl (C=O) groups excluding carboxylic acids is 2. The third-order valence-corrected chi connectivity index (χ3v) is 5.01. The van der Waals surface area contributed by atoms with Gasteiger partial charge in [-0.25, -0.2) is 9.48 Å². The Bertz CT molecular complexity index is 837. The average molecular weight is 405 g/mol. The van der Waals surface area contributed by atoms with E-state index >= 15 is 0 Å². The van der Waals surface area contributed by atoms with Gasteiger partial charge < -0.3 is 15.0 Å². The Labute approximate surface area is 169 Å². The van der Waals surface area contributed by atoms with Crippen molar-refractivity contribution in [3.05, 3.63) is 46.7 Å². The number of ether oxygens (including phenoxy) is 1. The van der Waals surface area contributed by atoms with Crippen molar-refractivity contribution < 1.29 is 14.3 Å². The van der Waals surface area contributed by atoms with Crippen LogP contribution < -0.4 is 5.32 Å². The fraction of sp³-hybridized carbons (Fsp3) is 0.450. The summed E-state index contributed by atoms with van der Waals surface area (Å²) in [4.78, 5) is 25.9. The fourth-order valence-electron chi connectivity index (χ4n) is 3.30. The van der Waals surface area contributed by atoms with Crippen molar-refractivity contribution in [3.63, 3.8) is 0 Å². The SMILES string of the molecule is CCOC(=O)c1cnn(-c2ccccc2Cl)c1CNCCCN1CCCC1=O. The van der Waals surface area contributed by atoms with E-state index in [0.717, 1.165) is 32.5 Å². The van der Waals surface area contributed by atoms with Crippen LogP contribution in [0.2, 0.25) is 5.02 Å². The van der Waals surface area contributed by atoms with E-state index < -0.39 is 5.97 Å². The number of nitrogens with zero attached hydrogens (tertiary/aromatic N) is 3. The summed E-state index contributed by atoms with van der Waals surface area (Å²) in [6, 6.07) is 7.36. The topological polar surface area (TPSA) is 76.5 Å². The van der Waals surface area contributed by atoms with Crippen molar-refractivity contribution in [1.29, 1.82) is 0 Å². The minimum atomic E-state index is -0.403. The highest BCUT2D eigenvalue weighted by molar-refractivity contribution is 6.32. The summed E-state index contributed by atoms with van der Waals surface area (Å²) in [7, 11) is 0. The Hall–Kier alpha value is -2.38. The van der Waals surface area contributed by atoms with Crippen molar-refractivity contribution >= 4 is 23.5 Å². The Morgan fingerprint density at radius 2 is 2.18 bits per heavy atom. The molecule has 1 aliphatic rings. The van der Waals surface area contributed by atoms with E-state index in [1.807, 2.05) is 23.1 Å². The average Bonchev–Trinajstić information content (AvgIpc) is 3.28. The number of para-hydroxylation sites is 1. The zero-order chi connectivity index (χ0) is 19.9. The van der Waals surface area contributed by atoms with E-state index in [1.165, 1.54) is 6.20 Å². The van der Waals surface area contributed by atoms with E-state index in [0.29, 0.717) is 41.5 Å². The van der Waals surface area contributed by atoms with E-state index in [-0.39, 0.29) is 5.91 Å². The van der Waals surface area contributed by atoms with Gasteiger partial charge in [-0.15, -0.1) is 0 Å². The van der Waals surface area contributed by atoms with Gasteiger partial charge >= 0.3 is 5.97 Å².